The number of benzene rings is 1. The Hall–Kier alpha value is -3.54. The number of carbonyl (C=O) groups excluding carboxylic acids is 4. The van der Waals surface area contributed by atoms with Gasteiger partial charge in [0.25, 0.3) is 0 Å². The van der Waals surface area contributed by atoms with Crippen molar-refractivity contribution >= 4 is 23.9 Å². The molecule has 0 aliphatic heterocycles. The number of hydrogen-bond acceptors (Lipinski definition) is 6. The molecule has 2 atom stereocenters. The van der Waals surface area contributed by atoms with Crippen LogP contribution in [0, 0.1) is 18.3 Å². The molecule has 0 radical (unpaired) electrons. The molecule has 38 heavy (non-hydrogen) atoms. The summed E-state index contributed by atoms with van der Waals surface area (Å²) in [7, 11) is 1.23. The van der Waals surface area contributed by atoms with Gasteiger partial charge in [-0.3, -0.25) is 14.4 Å². The topological polar surface area (TPSA) is 114 Å². The fourth-order valence-corrected chi connectivity index (χ4v) is 3.76. The zero-order valence-corrected chi connectivity index (χ0v) is 23.8. The molecule has 9 nitrogen and oxygen atoms in total. The highest BCUT2D eigenvalue weighted by molar-refractivity contribution is 5.93. The maximum atomic E-state index is 14.0. The third-order valence-electron chi connectivity index (χ3n) is 5.73. The Morgan fingerprint density at radius 3 is 2.18 bits per heavy atom. The number of carbonyl (C=O) groups is 4. The van der Waals surface area contributed by atoms with Crippen LogP contribution < -0.4 is 10.6 Å². The van der Waals surface area contributed by atoms with Crippen LogP contribution in [0.5, 0.6) is 0 Å². The highest BCUT2D eigenvalue weighted by atomic mass is 16.6. The molecule has 2 unspecified atom stereocenters. The van der Waals surface area contributed by atoms with Crippen LogP contribution in [-0.4, -0.2) is 60.6 Å². The quantitative estimate of drug-likeness (QED) is 0.227. The number of nitrogens with zero attached hydrogens (tertiary/aromatic N) is 1. The Balaban J connectivity index is 3.48. The third-order valence-corrected chi connectivity index (χ3v) is 5.73. The molecule has 3 amide bonds. The van der Waals surface area contributed by atoms with Crippen LogP contribution in [0.4, 0.5) is 4.79 Å². The number of amides is 3. The molecular weight excluding hydrogens is 486 g/mol. The number of ether oxygens (including phenoxy) is 2. The summed E-state index contributed by atoms with van der Waals surface area (Å²) in [5.74, 6) is 0.648. The zero-order valence-electron chi connectivity index (χ0n) is 23.8. The SMILES string of the molecule is C#Cc1ccc(C(C(=O)NCC(=O)OC)N(CCCCCC)C(=O)C(NC(=O)OC(C)(C)C)C(C)C)cc1. The Morgan fingerprint density at radius 1 is 1.05 bits per heavy atom. The third kappa shape index (κ3) is 10.8. The lowest BCUT2D eigenvalue weighted by Crippen LogP contribution is -2.55. The summed E-state index contributed by atoms with van der Waals surface area (Å²) in [6, 6.07) is 4.74. The van der Waals surface area contributed by atoms with Gasteiger partial charge < -0.3 is 25.0 Å². The maximum Gasteiger partial charge on any atom is 0.408 e. The normalized spacial score (nSPS) is 12.6. The minimum absolute atomic E-state index is 0.269. The van der Waals surface area contributed by atoms with E-state index < -0.39 is 41.6 Å². The molecule has 1 aromatic rings. The number of alkyl carbamates (subject to hydrolysis) is 1. The van der Waals surface area contributed by atoms with E-state index in [1.165, 1.54) is 12.0 Å². The number of esters is 1. The summed E-state index contributed by atoms with van der Waals surface area (Å²) in [6.07, 6.45) is 8.26. The highest BCUT2D eigenvalue weighted by Gasteiger charge is 2.37. The molecule has 0 saturated heterocycles. The van der Waals surface area contributed by atoms with Gasteiger partial charge >= 0.3 is 12.1 Å². The standard InChI is InChI=1S/C29H43N3O6/c1-9-11-12-13-18-32(27(35)24(20(3)4)31-28(36)38-29(5,6)7)25(26(34)30-19-23(33)37-8)22-16-14-21(10-2)15-17-22/h2,14-17,20,24-25H,9,11-13,18-19H2,1,3-8H3,(H,30,34)(H,31,36). The molecule has 9 heteroatoms. The minimum atomic E-state index is -1.07. The molecule has 0 bridgehead atoms. The Labute approximate surface area is 227 Å². The van der Waals surface area contributed by atoms with E-state index in [1.54, 1.807) is 45.0 Å². The summed E-state index contributed by atoms with van der Waals surface area (Å²) in [5.41, 5.74) is 0.397. The summed E-state index contributed by atoms with van der Waals surface area (Å²) in [5, 5.41) is 5.27. The number of unbranched alkanes of at least 4 members (excludes halogenated alkanes) is 3. The van der Waals surface area contributed by atoms with Crippen LogP contribution in [0.3, 0.4) is 0 Å². The van der Waals surface area contributed by atoms with Crippen molar-refractivity contribution in [2.24, 2.45) is 5.92 Å². The van der Waals surface area contributed by atoms with E-state index in [-0.39, 0.29) is 19.0 Å². The van der Waals surface area contributed by atoms with Crippen molar-refractivity contribution in [3.05, 3.63) is 35.4 Å². The molecular formula is C29H43N3O6. The van der Waals surface area contributed by atoms with Gasteiger partial charge in [0, 0.05) is 12.1 Å². The molecule has 0 heterocycles. The molecule has 0 spiro atoms. The maximum absolute atomic E-state index is 14.0. The largest absolute Gasteiger partial charge is 0.468 e. The molecule has 1 rings (SSSR count). The lowest BCUT2D eigenvalue weighted by molar-refractivity contribution is -0.145. The van der Waals surface area contributed by atoms with Gasteiger partial charge in [-0.05, 0) is 50.8 Å². The number of terminal acetylenes is 1. The van der Waals surface area contributed by atoms with Gasteiger partial charge in [-0.25, -0.2) is 4.79 Å². The van der Waals surface area contributed by atoms with Crippen molar-refractivity contribution < 1.29 is 28.7 Å². The van der Waals surface area contributed by atoms with E-state index in [2.05, 4.69) is 28.2 Å². The first-order valence-corrected chi connectivity index (χ1v) is 13.1. The first-order chi connectivity index (χ1) is 17.8. The van der Waals surface area contributed by atoms with E-state index in [9.17, 15) is 19.2 Å². The zero-order chi connectivity index (χ0) is 28.9. The van der Waals surface area contributed by atoms with Crippen LogP contribution in [0.15, 0.2) is 24.3 Å². The smallest absolute Gasteiger partial charge is 0.408 e. The molecule has 0 aliphatic carbocycles. The second kappa shape index (κ2) is 15.7. The molecule has 0 aromatic heterocycles. The van der Waals surface area contributed by atoms with E-state index in [0.717, 1.165) is 19.3 Å². The highest BCUT2D eigenvalue weighted by Crippen LogP contribution is 2.25. The van der Waals surface area contributed by atoms with Gasteiger partial charge in [0.15, 0.2) is 0 Å². The van der Waals surface area contributed by atoms with E-state index in [0.29, 0.717) is 17.5 Å². The Morgan fingerprint density at radius 2 is 1.68 bits per heavy atom. The van der Waals surface area contributed by atoms with Crippen LogP contribution in [-0.2, 0) is 23.9 Å². The predicted molar refractivity (Wildman–Crippen MR) is 146 cm³/mol. The first-order valence-electron chi connectivity index (χ1n) is 13.1. The van der Waals surface area contributed by atoms with Crippen LogP contribution in [0.2, 0.25) is 0 Å². The van der Waals surface area contributed by atoms with E-state index >= 15 is 0 Å². The molecule has 1 aromatic carbocycles. The molecule has 0 saturated carbocycles. The number of hydrogen-bond donors (Lipinski definition) is 2. The lowest BCUT2D eigenvalue weighted by Gasteiger charge is -2.35. The second-order valence-corrected chi connectivity index (χ2v) is 10.4. The van der Waals surface area contributed by atoms with E-state index in [4.69, 9.17) is 11.2 Å². The Kier molecular flexibility index (Phi) is 13.4. The molecule has 0 aliphatic rings. The van der Waals surface area contributed by atoms with Crippen molar-refractivity contribution in [1.82, 2.24) is 15.5 Å². The summed E-state index contributed by atoms with van der Waals surface area (Å²) < 4.78 is 10.0. The van der Waals surface area contributed by atoms with Crippen molar-refractivity contribution in [1.29, 1.82) is 0 Å². The van der Waals surface area contributed by atoms with Gasteiger partial charge in [-0.1, -0.05) is 58.1 Å². The monoisotopic (exact) mass is 529 g/mol. The fraction of sp³-hybridized carbons (Fsp3) is 0.586. The lowest BCUT2D eigenvalue weighted by atomic mass is 9.97. The van der Waals surface area contributed by atoms with Crippen LogP contribution >= 0.6 is 0 Å². The van der Waals surface area contributed by atoms with Crippen LogP contribution in [0.25, 0.3) is 0 Å². The predicted octanol–water partition coefficient (Wildman–Crippen LogP) is 3.96. The van der Waals surface area contributed by atoms with Gasteiger partial charge in [0.1, 0.15) is 24.2 Å². The average Bonchev–Trinajstić information content (AvgIpc) is 2.86. The van der Waals surface area contributed by atoms with Crippen LogP contribution in [0.1, 0.15) is 84.4 Å². The van der Waals surface area contributed by atoms with Crippen molar-refractivity contribution in [2.45, 2.75) is 84.9 Å². The van der Waals surface area contributed by atoms with Gasteiger partial charge in [-0.2, -0.15) is 0 Å². The van der Waals surface area contributed by atoms with Crippen molar-refractivity contribution in [2.75, 3.05) is 20.2 Å². The van der Waals surface area contributed by atoms with Crippen molar-refractivity contribution in [3.63, 3.8) is 0 Å². The summed E-state index contributed by atoms with van der Waals surface area (Å²) >= 11 is 0. The van der Waals surface area contributed by atoms with Gasteiger partial charge in [0.05, 0.1) is 7.11 Å². The summed E-state index contributed by atoms with van der Waals surface area (Å²) in [6.45, 7) is 10.8. The van der Waals surface area contributed by atoms with Crippen molar-refractivity contribution in [3.8, 4) is 12.3 Å². The van der Waals surface area contributed by atoms with Gasteiger partial charge in [-0.15, -0.1) is 6.42 Å². The summed E-state index contributed by atoms with van der Waals surface area (Å²) in [4.78, 5) is 53.3. The molecule has 0 fully saturated rings. The van der Waals surface area contributed by atoms with Gasteiger partial charge in [0.2, 0.25) is 11.8 Å². The number of nitrogens with one attached hydrogen (secondary N) is 2. The Bertz CT molecular complexity index is 976. The fourth-order valence-electron chi connectivity index (χ4n) is 3.76. The van der Waals surface area contributed by atoms with E-state index in [1.807, 2.05) is 13.8 Å². The minimum Gasteiger partial charge on any atom is -0.468 e. The first kappa shape index (κ1) is 32.5. The average molecular weight is 530 g/mol. The number of methoxy groups -OCH3 is 1. The second-order valence-electron chi connectivity index (χ2n) is 10.4. The molecule has 2 N–H and O–H groups in total. The molecule has 210 valence electrons. The number of rotatable bonds is 13.